The second-order valence-electron chi connectivity index (χ2n) is 4.41. The Morgan fingerprint density at radius 3 is 2.89 bits per heavy atom. The lowest BCUT2D eigenvalue weighted by molar-refractivity contribution is 0.731. The average Bonchev–Trinajstić information content (AvgIpc) is 2.91. The van der Waals surface area contributed by atoms with Gasteiger partial charge < -0.3 is 0 Å². The van der Waals surface area contributed by atoms with Crippen LogP contribution in [0.15, 0.2) is 23.6 Å². The number of aromatic nitrogens is 5. The van der Waals surface area contributed by atoms with Gasteiger partial charge in [-0.3, -0.25) is 19.7 Å². The summed E-state index contributed by atoms with van der Waals surface area (Å²) in [5, 5.41) is 10.8. The van der Waals surface area contributed by atoms with Crippen LogP contribution in [0.5, 0.6) is 0 Å². The van der Waals surface area contributed by atoms with E-state index in [9.17, 15) is 4.79 Å². The Morgan fingerprint density at radius 2 is 2.26 bits per heavy atom. The lowest BCUT2D eigenvalue weighted by Crippen LogP contribution is -2.13. The molecule has 3 rings (SSSR count). The maximum Gasteiger partial charge on any atom is 0.274 e. The fraction of sp³-hybridized carbons (Fsp3) is 0.154. The molecule has 0 aliphatic heterocycles. The lowest BCUT2D eigenvalue weighted by Gasteiger charge is -1.98. The van der Waals surface area contributed by atoms with Crippen LogP contribution in [0.1, 0.15) is 11.4 Å². The first kappa shape index (κ1) is 11.5. The molecule has 2 N–H and O–H groups in total. The minimum absolute atomic E-state index is 0.0673. The molecular formula is C13H13N5O. The number of H-pyrrole nitrogens is 2. The van der Waals surface area contributed by atoms with Crippen molar-refractivity contribution in [1.29, 1.82) is 0 Å². The van der Waals surface area contributed by atoms with Gasteiger partial charge in [0.2, 0.25) is 0 Å². The summed E-state index contributed by atoms with van der Waals surface area (Å²) in [5.74, 6) is 0. The highest BCUT2D eigenvalue weighted by molar-refractivity contribution is 5.87. The second-order valence-corrected chi connectivity index (χ2v) is 4.41. The Labute approximate surface area is 108 Å². The molecule has 0 amide bonds. The molecule has 0 spiro atoms. The zero-order chi connectivity index (χ0) is 13.6. The molecule has 3 heterocycles. The summed E-state index contributed by atoms with van der Waals surface area (Å²) in [6, 6.07) is 1.90. The van der Waals surface area contributed by atoms with E-state index >= 15 is 0 Å². The van der Waals surface area contributed by atoms with Crippen LogP contribution in [0.4, 0.5) is 0 Å². The summed E-state index contributed by atoms with van der Waals surface area (Å²) in [6.07, 6.45) is 3.34. The zero-order valence-corrected chi connectivity index (χ0v) is 10.7. The summed E-state index contributed by atoms with van der Waals surface area (Å²) in [6.45, 7) is 5.59. The van der Waals surface area contributed by atoms with Crippen molar-refractivity contribution >= 4 is 17.1 Å². The number of aromatic amines is 2. The van der Waals surface area contributed by atoms with Crippen molar-refractivity contribution < 1.29 is 0 Å². The van der Waals surface area contributed by atoms with Gasteiger partial charge in [-0.25, -0.2) is 4.98 Å². The predicted octanol–water partition coefficient (Wildman–Crippen LogP) is 1.60. The van der Waals surface area contributed by atoms with Gasteiger partial charge in [-0.15, -0.1) is 0 Å². The Hall–Kier alpha value is -2.63. The van der Waals surface area contributed by atoms with Crippen LogP contribution < -0.4 is 5.56 Å². The summed E-state index contributed by atoms with van der Waals surface area (Å²) < 4.78 is 1.46. The summed E-state index contributed by atoms with van der Waals surface area (Å²) in [4.78, 5) is 16.3. The van der Waals surface area contributed by atoms with Crippen molar-refractivity contribution in [3.63, 3.8) is 0 Å². The van der Waals surface area contributed by atoms with Gasteiger partial charge in [-0.2, -0.15) is 5.10 Å². The maximum absolute atomic E-state index is 12.1. The Kier molecular flexibility index (Phi) is 2.38. The number of pyridine rings is 1. The van der Waals surface area contributed by atoms with E-state index < -0.39 is 0 Å². The fourth-order valence-electron chi connectivity index (χ4n) is 2.24. The molecule has 3 aromatic rings. The molecule has 0 aromatic carbocycles. The average molecular weight is 255 g/mol. The van der Waals surface area contributed by atoms with Gasteiger partial charge in [0, 0.05) is 29.9 Å². The van der Waals surface area contributed by atoms with Crippen LogP contribution >= 0.6 is 0 Å². The molecular weight excluding hydrogens is 242 g/mol. The monoisotopic (exact) mass is 255 g/mol. The highest BCUT2D eigenvalue weighted by atomic mass is 16.1. The number of nitrogens with zero attached hydrogens (tertiary/aromatic N) is 3. The summed E-state index contributed by atoms with van der Waals surface area (Å²) in [5.41, 5.74) is 3.57. The number of aryl methyl sites for hydroxylation is 2. The zero-order valence-electron chi connectivity index (χ0n) is 10.7. The normalized spacial score (nSPS) is 11.1. The Balaban J connectivity index is 2.31. The Bertz CT molecular complexity index is 836. The van der Waals surface area contributed by atoms with Gasteiger partial charge in [-0.05, 0) is 19.1 Å². The van der Waals surface area contributed by atoms with Crippen LogP contribution in [-0.4, -0.2) is 25.0 Å². The van der Waals surface area contributed by atoms with Crippen LogP contribution in [-0.2, 0) is 7.05 Å². The minimum Gasteiger partial charge on any atom is -0.300 e. The van der Waals surface area contributed by atoms with Gasteiger partial charge in [0.05, 0.1) is 11.3 Å². The van der Waals surface area contributed by atoms with Gasteiger partial charge >= 0.3 is 0 Å². The number of rotatable bonds is 2. The molecule has 0 bridgehead atoms. The Morgan fingerprint density at radius 1 is 1.47 bits per heavy atom. The third-order valence-corrected chi connectivity index (χ3v) is 3.16. The molecule has 0 aliphatic carbocycles. The summed E-state index contributed by atoms with van der Waals surface area (Å²) in [7, 11) is 1.69. The van der Waals surface area contributed by atoms with Crippen LogP contribution in [0.3, 0.4) is 0 Å². The third-order valence-electron chi connectivity index (χ3n) is 3.16. The van der Waals surface area contributed by atoms with E-state index in [1.54, 1.807) is 19.3 Å². The van der Waals surface area contributed by atoms with Crippen molar-refractivity contribution in [1.82, 2.24) is 25.0 Å². The number of fused-ring (bicyclic) bond motifs is 1. The largest absolute Gasteiger partial charge is 0.300 e. The smallest absolute Gasteiger partial charge is 0.274 e. The molecule has 0 radical (unpaired) electrons. The standard InChI is InChI=1S/C13H13N5O/c1-4-10-9-5-8(6-14-12(9)16-15-10)11-7(2)17-18(3)13(11)19/h4-6,17H,1H2,2-3H3,(H,14,15,16). The van der Waals surface area contributed by atoms with Crippen molar-refractivity contribution in [2.75, 3.05) is 0 Å². The van der Waals surface area contributed by atoms with Gasteiger partial charge in [-0.1, -0.05) is 6.58 Å². The first-order valence-electron chi connectivity index (χ1n) is 5.84. The molecule has 19 heavy (non-hydrogen) atoms. The highest BCUT2D eigenvalue weighted by Crippen LogP contribution is 2.23. The van der Waals surface area contributed by atoms with Gasteiger partial charge in [0.25, 0.3) is 5.56 Å². The molecule has 0 atom stereocenters. The van der Waals surface area contributed by atoms with Gasteiger partial charge in [0.1, 0.15) is 0 Å². The third kappa shape index (κ3) is 1.61. The van der Waals surface area contributed by atoms with Gasteiger partial charge in [0.15, 0.2) is 5.65 Å². The summed E-state index contributed by atoms with van der Waals surface area (Å²) >= 11 is 0. The lowest BCUT2D eigenvalue weighted by atomic mass is 10.1. The van der Waals surface area contributed by atoms with E-state index in [4.69, 9.17) is 0 Å². The van der Waals surface area contributed by atoms with E-state index in [1.165, 1.54) is 4.68 Å². The topological polar surface area (TPSA) is 79.4 Å². The molecule has 6 heteroatoms. The first-order valence-corrected chi connectivity index (χ1v) is 5.84. The van der Waals surface area contributed by atoms with Crippen molar-refractivity contribution in [2.24, 2.45) is 7.05 Å². The van der Waals surface area contributed by atoms with E-state index in [-0.39, 0.29) is 5.56 Å². The van der Waals surface area contributed by atoms with Crippen LogP contribution in [0.2, 0.25) is 0 Å². The quantitative estimate of drug-likeness (QED) is 0.730. The molecule has 0 aliphatic rings. The van der Waals surface area contributed by atoms with E-state index in [1.807, 2.05) is 13.0 Å². The number of hydrogen-bond acceptors (Lipinski definition) is 3. The SMILES string of the molecule is C=Cc1[nH]nc2ncc(-c3c(C)[nH]n(C)c3=O)cc12. The molecule has 0 fully saturated rings. The molecule has 0 saturated heterocycles. The van der Waals surface area contributed by atoms with Crippen molar-refractivity contribution in [2.45, 2.75) is 6.92 Å². The van der Waals surface area contributed by atoms with Crippen LogP contribution in [0.25, 0.3) is 28.2 Å². The van der Waals surface area contributed by atoms with Crippen molar-refractivity contribution in [3.05, 3.63) is 40.6 Å². The van der Waals surface area contributed by atoms with E-state index in [2.05, 4.69) is 26.9 Å². The predicted molar refractivity (Wildman–Crippen MR) is 73.7 cm³/mol. The van der Waals surface area contributed by atoms with E-state index in [0.29, 0.717) is 11.2 Å². The van der Waals surface area contributed by atoms with Crippen molar-refractivity contribution in [3.8, 4) is 11.1 Å². The minimum atomic E-state index is -0.0673. The first-order chi connectivity index (χ1) is 9.11. The fourth-order valence-corrected chi connectivity index (χ4v) is 2.24. The van der Waals surface area contributed by atoms with E-state index in [0.717, 1.165) is 22.3 Å². The number of nitrogens with one attached hydrogen (secondary N) is 2. The number of hydrogen-bond donors (Lipinski definition) is 2. The highest BCUT2D eigenvalue weighted by Gasteiger charge is 2.13. The maximum atomic E-state index is 12.1. The molecule has 3 aromatic heterocycles. The molecule has 0 unspecified atom stereocenters. The molecule has 96 valence electrons. The molecule has 6 nitrogen and oxygen atoms in total. The molecule has 0 saturated carbocycles. The second kappa shape index (κ2) is 3.94. The van der Waals surface area contributed by atoms with Crippen LogP contribution in [0, 0.1) is 6.92 Å².